The third-order valence-corrected chi connectivity index (χ3v) is 4.92. The van der Waals surface area contributed by atoms with Gasteiger partial charge in [-0.1, -0.05) is 29.8 Å². The van der Waals surface area contributed by atoms with E-state index in [9.17, 15) is 4.39 Å². The van der Waals surface area contributed by atoms with Crippen molar-refractivity contribution in [1.29, 1.82) is 0 Å². The zero-order valence-electron chi connectivity index (χ0n) is 12.3. The standard InChI is InChI=1S/C18H19BrFN/c1-11-3-5-13(6-4-11)14-8-15(9-14)21-18-10-16(19)17(20)7-12(18)2/h3-7,10,14-15,21H,8-9H2,1-2H3. The van der Waals surface area contributed by atoms with Crippen LogP contribution in [-0.2, 0) is 0 Å². The van der Waals surface area contributed by atoms with Gasteiger partial charge in [-0.2, -0.15) is 0 Å². The minimum Gasteiger partial charge on any atom is -0.382 e. The predicted molar refractivity (Wildman–Crippen MR) is 89.4 cm³/mol. The predicted octanol–water partition coefficient (Wildman–Crippen LogP) is 5.56. The zero-order valence-corrected chi connectivity index (χ0v) is 13.9. The molecule has 1 fully saturated rings. The lowest BCUT2D eigenvalue weighted by Gasteiger charge is -2.37. The number of halogens is 2. The molecule has 0 heterocycles. The number of rotatable bonds is 3. The molecule has 0 atom stereocenters. The highest BCUT2D eigenvalue weighted by atomic mass is 79.9. The van der Waals surface area contributed by atoms with E-state index in [0.717, 1.165) is 24.1 Å². The van der Waals surface area contributed by atoms with E-state index in [2.05, 4.69) is 52.4 Å². The smallest absolute Gasteiger partial charge is 0.137 e. The van der Waals surface area contributed by atoms with E-state index < -0.39 is 0 Å². The number of benzene rings is 2. The molecular formula is C18H19BrFN. The van der Waals surface area contributed by atoms with Crippen LogP contribution >= 0.6 is 15.9 Å². The summed E-state index contributed by atoms with van der Waals surface area (Å²) in [5.74, 6) is 0.441. The Morgan fingerprint density at radius 3 is 2.43 bits per heavy atom. The number of nitrogens with one attached hydrogen (secondary N) is 1. The number of anilines is 1. The Kier molecular flexibility index (Phi) is 4.03. The average Bonchev–Trinajstić information content (AvgIpc) is 2.40. The molecule has 1 aliphatic carbocycles. The molecule has 2 aromatic rings. The van der Waals surface area contributed by atoms with E-state index in [-0.39, 0.29) is 5.82 Å². The Hall–Kier alpha value is -1.35. The van der Waals surface area contributed by atoms with Crippen LogP contribution in [0.2, 0.25) is 0 Å². The van der Waals surface area contributed by atoms with E-state index in [1.165, 1.54) is 11.1 Å². The van der Waals surface area contributed by atoms with Gasteiger partial charge in [-0.3, -0.25) is 0 Å². The van der Waals surface area contributed by atoms with E-state index in [0.29, 0.717) is 16.4 Å². The first-order valence-electron chi connectivity index (χ1n) is 7.31. The molecule has 0 saturated heterocycles. The fourth-order valence-electron chi connectivity index (χ4n) is 2.87. The summed E-state index contributed by atoms with van der Waals surface area (Å²) in [6, 6.07) is 12.7. The van der Waals surface area contributed by atoms with Gasteiger partial charge < -0.3 is 5.32 Å². The first kappa shape index (κ1) is 14.6. The van der Waals surface area contributed by atoms with Crippen LogP contribution in [-0.4, -0.2) is 6.04 Å². The van der Waals surface area contributed by atoms with Crippen molar-refractivity contribution in [2.24, 2.45) is 0 Å². The van der Waals surface area contributed by atoms with E-state index in [4.69, 9.17) is 0 Å². The maximum absolute atomic E-state index is 13.4. The maximum Gasteiger partial charge on any atom is 0.137 e. The molecule has 1 saturated carbocycles. The molecule has 1 nitrogen and oxygen atoms in total. The van der Waals surface area contributed by atoms with Gasteiger partial charge >= 0.3 is 0 Å². The summed E-state index contributed by atoms with van der Waals surface area (Å²) < 4.78 is 14.0. The lowest BCUT2D eigenvalue weighted by atomic mass is 9.75. The van der Waals surface area contributed by atoms with E-state index in [1.807, 2.05) is 13.0 Å². The van der Waals surface area contributed by atoms with Gasteiger partial charge in [-0.15, -0.1) is 0 Å². The molecular weight excluding hydrogens is 329 g/mol. The van der Waals surface area contributed by atoms with Crippen LogP contribution in [0, 0.1) is 19.7 Å². The molecule has 3 heteroatoms. The van der Waals surface area contributed by atoms with Crippen molar-refractivity contribution in [3.05, 3.63) is 63.4 Å². The van der Waals surface area contributed by atoms with Gasteiger partial charge in [0.1, 0.15) is 5.82 Å². The van der Waals surface area contributed by atoms with Crippen molar-refractivity contribution in [1.82, 2.24) is 0 Å². The minimum atomic E-state index is -0.204. The number of hydrogen-bond donors (Lipinski definition) is 1. The second-order valence-corrected chi connectivity index (χ2v) is 6.86. The zero-order chi connectivity index (χ0) is 15.0. The van der Waals surface area contributed by atoms with Gasteiger partial charge in [0.2, 0.25) is 0 Å². The molecule has 2 aromatic carbocycles. The maximum atomic E-state index is 13.4. The van der Waals surface area contributed by atoms with Crippen LogP contribution < -0.4 is 5.32 Å². The molecule has 0 aliphatic heterocycles. The second-order valence-electron chi connectivity index (χ2n) is 6.00. The molecule has 1 aliphatic rings. The summed E-state index contributed by atoms with van der Waals surface area (Å²) in [4.78, 5) is 0. The third kappa shape index (κ3) is 3.13. The molecule has 0 unspecified atom stereocenters. The highest BCUT2D eigenvalue weighted by Gasteiger charge is 2.30. The number of hydrogen-bond acceptors (Lipinski definition) is 1. The summed E-state index contributed by atoms with van der Waals surface area (Å²) >= 11 is 3.25. The van der Waals surface area contributed by atoms with Crippen LogP contribution in [0.3, 0.4) is 0 Å². The first-order chi connectivity index (χ1) is 10.0. The molecule has 0 spiro atoms. The van der Waals surface area contributed by atoms with E-state index >= 15 is 0 Å². The van der Waals surface area contributed by atoms with Crippen LogP contribution in [0.4, 0.5) is 10.1 Å². The van der Waals surface area contributed by atoms with Gasteiger partial charge in [0, 0.05) is 11.7 Å². The van der Waals surface area contributed by atoms with Gasteiger partial charge in [0.25, 0.3) is 0 Å². The summed E-state index contributed by atoms with van der Waals surface area (Å²) in [7, 11) is 0. The van der Waals surface area contributed by atoms with E-state index in [1.54, 1.807) is 6.07 Å². The first-order valence-corrected chi connectivity index (χ1v) is 8.11. The topological polar surface area (TPSA) is 12.0 Å². The average molecular weight is 348 g/mol. The van der Waals surface area contributed by atoms with Gasteiger partial charge in [0.05, 0.1) is 4.47 Å². The SMILES string of the molecule is Cc1ccc(C2CC(Nc3cc(Br)c(F)cc3C)C2)cc1. The van der Waals surface area contributed by atoms with Crippen molar-refractivity contribution in [3.63, 3.8) is 0 Å². The molecule has 0 radical (unpaired) electrons. The molecule has 1 N–H and O–H groups in total. The minimum absolute atomic E-state index is 0.204. The second kappa shape index (κ2) is 5.80. The van der Waals surface area contributed by atoms with Gasteiger partial charge in [-0.25, -0.2) is 4.39 Å². The summed E-state index contributed by atoms with van der Waals surface area (Å²) in [6.45, 7) is 4.05. The highest BCUT2D eigenvalue weighted by Crippen LogP contribution is 2.39. The third-order valence-electron chi connectivity index (χ3n) is 4.31. The quantitative estimate of drug-likeness (QED) is 0.765. The van der Waals surface area contributed by atoms with Crippen molar-refractivity contribution >= 4 is 21.6 Å². The van der Waals surface area contributed by atoms with Crippen LogP contribution in [0.1, 0.15) is 35.4 Å². The Balaban J connectivity index is 1.62. The monoisotopic (exact) mass is 347 g/mol. The number of aryl methyl sites for hydroxylation is 2. The lowest BCUT2D eigenvalue weighted by Crippen LogP contribution is -2.34. The van der Waals surface area contributed by atoms with Gasteiger partial charge in [0.15, 0.2) is 0 Å². The molecule has 0 amide bonds. The molecule has 21 heavy (non-hydrogen) atoms. The van der Waals surface area contributed by atoms with Crippen molar-refractivity contribution < 1.29 is 4.39 Å². The summed E-state index contributed by atoms with van der Waals surface area (Å²) in [5.41, 5.74) is 4.71. The van der Waals surface area contributed by atoms with Crippen molar-refractivity contribution in [2.45, 2.75) is 38.6 Å². The largest absolute Gasteiger partial charge is 0.382 e. The fourth-order valence-corrected chi connectivity index (χ4v) is 3.21. The Morgan fingerprint density at radius 1 is 1.10 bits per heavy atom. The van der Waals surface area contributed by atoms with Crippen LogP contribution in [0.25, 0.3) is 0 Å². The van der Waals surface area contributed by atoms with Gasteiger partial charge in [-0.05, 0) is 71.8 Å². The Morgan fingerprint density at radius 2 is 1.76 bits per heavy atom. The lowest BCUT2D eigenvalue weighted by molar-refractivity contribution is 0.374. The molecule has 0 aromatic heterocycles. The highest BCUT2D eigenvalue weighted by molar-refractivity contribution is 9.10. The summed E-state index contributed by atoms with van der Waals surface area (Å²) in [5, 5.41) is 3.53. The summed E-state index contributed by atoms with van der Waals surface area (Å²) in [6.07, 6.45) is 2.27. The Labute approximate surface area is 133 Å². The Bertz CT molecular complexity index is 645. The van der Waals surface area contributed by atoms with Crippen LogP contribution in [0.15, 0.2) is 40.9 Å². The van der Waals surface area contributed by atoms with Crippen LogP contribution in [0.5, 0.6) is 0 Å². The van der Waals surface area contributed by atoms with Crippen molar-refractivity contribution in [2.75, 3.05) is 5.32 Å². The molecule has 0 bridgehead atoms. The normalized spacial score (nSPS) is 21.0. The molecule has 110 valence electrons. The molecule has 3 rings (SSSR count). The van der Waals surface area contributed by atoms with Crippen molar-refractivity contribution in [3.8, 4) is 0 Å². The fraction of sp³-hybridized carbons (Fsp3) is 0.333.